The molecular formula is C6H13N2. The van der Waals surface area contributed by atoms with E-state index >= 15 is 0 Å². The predicted octanol–water partition coefficient (Wildman–Crippen LogP) is -0.0421. The number of hydrogen-bond donors (Lipinski definition) is 1. The molecule has 1 fully saturated rings. The van der Waals surface area contributed by atoms with Gasteiger partial charge in [0, 0.05) is 19.1 Å². The summed E-state index contributed by atoms with van der Waals surface area (Å²) in [6.07, 6.45) is 1.24. The highest BCUT2D eigenvalue weighted by Crippen LogP contribution is 2.13. The van der Waals surface area contributed by atoms with Gasteiger partial charge in [-0.1, -0.05) is 6.92 Å². The normalized spacial score (nSPS) is 38.2. The van der Waals surface area contributed by atoms with Crippen molar-refractivity contribution < 1.29 is 0 Å². The largest absolute Gasteiger partial charge is 0.329 e. The third-order valence-corrected chi connectivity index (χ3v) is 1.85. The maximum absolute atomic E-state index is 5.43. The summed E-state index contributed by atoms with van der Waals surface area (Å²) in [5.41, 5.74) is 5.43. The number of rotatable bonds is 1. The molecule has 1 saturated heterocycles. The van der Waals surface area contributed by atoms with E-state index in [9.17, 15) is 0 Å². The van der Waals surface area contributed by atoms with E-state index in [1.807, 2.05) is 0 Å². The second-order valence-electron chi connectivity index (χ2n) is 2.48. The molecular weight excluding hydrogens is 100 g/mol. The summed E-state index contributed by atoms with van der Waals surface area (Å²) < 4.78 is 0. The van der Waals surface area contributed by atoms with Crippen molar-refractivity contribution in [1.29, 1.82) is 0 Å². The van der Waals surface area contributed by atoms with Crippen LogP contribution in [0.25, 0.3) is 0 Å². The molecule has 2 atom stereocenters. The van der Waals surface area contributed by atoms with Crippen molar-refractivity contribution >= 4 is 0 Å². The Morgan fingerprint density at radius 3 is 2.75 bits per heavy atom. The van der Waals surface area contributed by atoms with Crippen molar-refractivity contribution in [2.24, 2.45) is 11.7 Å². The maximum atomic E-state index is 5.43. The van der Waals surface area contributed by atoms with Crippen LogP contribution in [0, 0.1) is 5.92 Å². The van der Waals surface area contributed by atoms with Gasteiger partial charge in [0.15, 0.2) is 0 Å². The van der Waals surface area contributed by atoms with Crippen molar-refractivity contribution in [1.82, 2.24) is 5.32 Å². The van der Waals surface area contributed by atoms with Crippen LogP contribution in [0.4, 0.5) is 0 Å². The van der Waals surface area contributed by atoms with Crippen LogP contribution in [0.15, 0.2) is 0 Å². The van der Waals surface area contributed by atoms with Gasteiger partial charge in [0.25, 0.3) is 0 Å². The molecule has 0 bridgehead atoms. The molecule has 1 rings (SSSR count). The molecule has 0 aromatic carbocycles. The summed E-state index contributed by atoms with van der Waals surface area (Å²) in [4.78, 5) is 0. The van der Waals surface area contributed by atoms with E-state index in [0.717, 1.165) is 19.0 Å². The van der Waals surface area contributed by atoms with Gasteiger partial charge in [-0.05, 0) is 12.3 Å². The van der Waals surface area contributed by atoms with Gasteiger partial charge < -0.3 is 5.73 Å². The summed E-state index contributed by atoms with van der Waals surface area (Å²) >= 11 is 0. The highest BCUT2D eigenvalue weighted by atomic mass is 15.0. The van der Waals surface area contributed by atoms with Crippen LogP contribution in [0.5, 0.6) is 0 Å². The first-order valence-electron chi connectivity index (χ1n) is 3.21. The Morgan fingerprint density at radius 1 is 1.75 bits per heavy atom. The van der Waals surface area contributed by atoms with Gasteiger partial charge in [-0.3, -0.25) is 0 Å². The molecule has 2 heteroatoms. The van der Waals surface area contributed by atoms with Gasteiger partial charge >= 0.3 is 0 Å². The first-order valence-corrected chi connectivity index (χ1v) is 3.21. The molecule has 0 amide bonds. The molecule has 47 valence electrons. The van der Waals surface area contributed by atoms with Crippen LogP contribution in [0.3, 0.4) is 0 Å². The first kappa shape index (κ1) is 6.05. The number of nitrogens with two attached hydrogens (primary N) is 1. The van der Waals surface area contributed by atoms with Crippen LogP contribution >= 0.6 is 0 Å². The molecule has 1 radical (unpaired) electrons. The Balaban J connectivity index is 2.30. The smallest absolute Gasteiger partial charge is 0.0394 e. The molecule has 1 heterocycles. The third kappa shape index (κ3) is 1.01. The molecule has 0 aliphatic carbocycles. The Hall–Kier alpha value is -0.0800. The van der Waals surface area contributed by atoms with Crippen molar-refractivity contribution in [2.45, 2.75) is 19.4 Å². The summed E-state index contributed by atoms with van der Waals surface area (Å²) in [7, 11) is 0. The highest BCUT2D eigenvalue weighted by Gasteiger charge is 2.21. The van der Waals surface area contributed by atoms with Crippen LogP contribution in [-0.4, -0.2) is 19.1 Å². The van der Waals surface area contributed by atoms with Gasteiger partial charge in [-0.15, -0.1) is 0 Å². The summed E-state index contributed by atoms with van der Waals surface area (Å²) in [6, 6.07) is 0.468. The van der Waals surface area contributed by atoms with E-state index in [1.54, 1.807) is 0 Å². The van der Waals surface area contributed by atoms with Crippen molar-refractivity contribution in [3.05, 3.63) is 0 Å². The van der Waals surface area contributed by atoms with E-state index < -0.39 is 0 Å². The third-order valence-electron chi connectivity index (χ3n) is 1.85. The Labute approximate surface area is 50.4 Å². The SMILES string of the molecule is CC1CC[N]C1CN. The first-order chi connectivity index (χ1) is 3.84. The lowest BCUT2D eigenvalue weighted by molar-refractivity contribution is 0.486. The topological polar surface area (TPSA) is 40.1 Å². The summed E-state index contributed by atoms with van der Waals surface area (Å²) in [6.45, 7) is 3.98. The van der Waals surface area contributed by atoms with E-state index in [-0.39, 0.29) is 0 Å². The average molecular weight is 113 g/mol. The zero-order valence-corrected chi connectivity index (χ0v) is 5.30. The molecule has 0 aromatic heterocycles. The standard InChI is InChI=1S/C6H13N2/c1-5-2-3-8-6(5)4-7/h5-6H,2-4,7H2,1H3. The van der Waals surface area contributed by atoms with Gasteiger partial charge in [0.2, 0.25) is 0 Å². The summed E-state index contributed by atoms with van der Waals surface area (Å²) in [5.74, 6) is 0.736. The lowest BCUT2D eigenvalue weighted by Gasteiger charge is -2.09. The summed E-state index contributed by atoms with van der Waals surface area (Å²) in [5, 5.41) is 4.31. The Kier molecular flexibility index (Phi) is 1.86. The van der Waals surface area contributed by atoms with Crippen LogP contribution in [0.2, 0.25) is 0 Å². The molecule has 8 heavy (non-hydrogen) atoms. The molecule has 1 aliphatic rings. The fourth-order valence-electron chi connectivity index (χ4n) is 1.12. The fraction of sp³-hybridized carbons (Fsp3) is 1.00. The van der Waals surface area contributed by atoms with Crippen LogP contribution in [-0.2, 0) is 0 Å². The minimum atomic E-state index is 0.468. The average Bonchev–Trinajstić information content (AvgIpc) is 2.14. The van der Waals surface area contributed by atoms with Gasteiger partial charge in [-0.2, -0.15) is 0 Å². The van der Waals surface area contributed by atoms with Gasteiger partial charge in [0.05, 0.1) is 0 Å². The Bertz CT molecular complexity index is 72.9. The van der Waals surface area contributed by atoms with Crippen molar-refractivity contribution in [2.75, 3.05) is 13.1 Å². The molecule has 0 spiro atoms. The minimum Gasteiger partial charge on any atom is -0.329 e. The van der Waals surface area contributed by atoms with E-state index in [4.69, 9.17) is 5.73 Å². The molecule has 0 aromatic rings. The van der Waals surface area contributed by atoms with Gasteiger partial charge in [-0.25, -0.2) is 5.32 Å². The minimum absolute atomic E-state index is 0.468. The van der Waals surface area contributed by atoms with Crippen molar-refractivity contribution in [3.63, 3.8) is 0 Å². The Morgan fingerprint density at radius 2 is 2.50 bits per heavy atom. The monoisotopic (exact) mass is 113 g/mol. The van der Waals surface area contributed by atoms with E-state index in [1.165, 1.54) is 6.42 Å². The van der Waals surface area contributed by atoms with E-state index in [0.29, 0.717) is 6.04 Å². The highest BCUT2D eigenvalue weighted by molar-refractivity contribution is 4.80. The zero-order valence-electron chi connectivity index (χ0n) is 5.30. The van der Waals surface area contributed by atoms with Crippen molar-refractivity contribution in [3.8, 4) is 0 Å². The molecule has 1 aliphatic heterocycles. The molecule has 2 N–H and O–H groups in total. The second-order valence-corrected chi connectivity index (χ2v) is 2.48. The quantitative estimate of drug-likeness (QED) is 0.509. The fourth-order valence-corrected chi connectivity index (χ4v) is 1.12. The van der Waals surface area contributed by atoms with E-state index in [2.05, 4.69) is 12.2 Å². The molecule has 0 saturated carbocycles. The maximum Gasteiger partial charge on any atom is 0.0394 e. The number of hydrogen-bond acceptors (Lipinski definition) is 1. The zero-order chi connectivity index (χ0) is 5.98. The number of nitrogens with zero attached hydrogens (tertiary/aromatic N) is 1. The van der Waals surface area contributed by atoms with Gasteiger partial charge in [0.1, 0.15) is 0 Å². The van der Waals surface area contributed by atoms with Crippen LogP contribution in [0.1, 0.15) is 13.3 Å². The lowest BCUT2D eigenvalue weighted by Crippen LogP contribution is -2.29. The lowest BCUT2D eigenvalue weighted by atomic mass is 10.0. The van der Waals surface area contributed by atoms with Crippen LogP contribution < -0.4 is 11.1 Å². The predicted molar refractivity (Wildman–Crippen MR) is 33.6 cm³/mol. The second kappa shape index (κ2) is 2.46. The molecule has 2 nitrogen and oxygen atoms in total. The molecule has 2 unspecified atom stereocenters.